The topological polar surface area (TPSA) is 100 Å². The van der Waals surface area contributed by atoms with Crippen LogP contribution in [0.4, 0.5) is 5.82 Å². The molecule has 2 heterocycles. The van der Waals surface area contributed by atoms with E-state index in [0.717, 1.165) is 27.7 Å². The molecule has 2 aromatic heterocycles. The minimum absolute atomic E-state index is 0.180. The molecule has 0 radical (unpaired) electrons. The van der Waals surface area contributed by atoms with E-state index in [9.17, 15) is 9.59 Å². The molecule has 2 N–H and O–H groups in total. The summed E-state index contributed by atoms with van der Waals surface area (Å²) in [5, 5.41) is 0.814. The predicted octanol–water partition coefficient (Wildman–Crippen LogP) is 4.94. The van der Waals surface area contributed by atoms with Gasteiger partial charge in [0.2, 0.25) is 0 Å². The third kappa shape index (κ3) is 3.55. The fourth-order valence-corrected chi connectivity index (χ4v) is 4.47. The number of anilines is 1. The van der Waals surface area contributed by atoms with Gasteiger partial charge in [0.25, 0.3) is 0 Å². The summed E-state index contributed by atoms with van der Waals surface area (Å²) in [7, 11) is 0. The van der Waals surface area contributed by atoms with Gasteiger partial charge in [-0.3, -0.25) is 9.59 Å². The van der Waals surface area contributed by atoms with Gasteiger partial charge in [0.05, 0.1) is 5.39 Å². The smallest absolute Gasteiger partial charge is 0.174 e. The lowest BCUT2D eigenvalue weighted by atomic mass is 9.83. The molecule has 0 saturated heterocycles. The van der Waals surface area contributed by atoms with E-state index in [2.05, 4.69) is 28.4 Å². The maximum atomic E-state index is 12.6. The lowest BCUT2D eigenvalue weighted by Gasteiger charge is -2.23. The quantitative estimate of drug-likeness (QED) is 0.431. The summed E-state index contributed by atoms with van der Waals surface area (Å²) in [5.74, 6) is 0.213. The number of aromatic nitrogens is 3. The highest BCUT2D eigenvalue weighted by Crippen LogP contribution is 2.37. The molecule has 0 bridgehead atoms. The Morgan fingerprint density at radius 3 is 2.50 bits per heavy atom. The van der Waals surface area contributed by atoms with E-state index in [1.54, 1.807) is 6.07 Å². The lowest BCUT2D eigenvalue weighted by Crippen LogP contribution is -2.24. The molecule has 0 fully saturated rings. The molecule has 34 heavy (non-hydrogen) atoms. The number of carbonyl (C=O) groups excluding carboxylic acids is 2. The van der Waals surface area contributed by atoms with Crippen LogP contribution in [0.1, 0.15) is 43.9 Å². The molecular formula is C27H24N4O3. The molecule has 0 saturated carbocycles. The van der Waals surface area contributed by atoms with Crippen LogP contribution in [0.25, 0.3) is 27.9 Å². The zero-order chi connectivity index (χ0) is 24.0. The van der Waals surface area contributed by atoms with E-state index in [1.165, 1.54) is 19.3 Å². The molecule has 4 aromatic rings. The molecule has 7 heteroatoms. The lowest BCUT2D eigenvalue weighted by molar-refractivity contribution is -0.125. The number of nitrogens with zero attached hydrogens (tertiary/aromatic N) is 3. The van der Waals surface area contributed by atoms with Crippen molar-refractivity contribution in [2.75, 3.05) is 5.73 Å². The molecule has 2 aromatic carbocycles. The number of allylic oxidation sites excluding steroid dienone is 1. The van der Waals surface area contributed by atoms with Gasteiger partial charge in [-0.1, -0.05) is 36.4 Å². The summed E-state index contributed by atoms with van der Waals surface area (Å²) in [6.45, 7) is 5.62. The van der Waals surface area contributed by atoms with Crippen molar-refractivity contribution in [3.63, 3.8) is 0 Å². The standard InChI is InChI=1S/C27H24N4O3/c1-15(2)31-13-21(25-26(28)29-14-30-27(25)31)17-8-10-18(11-9-17)34-23-12-22(33)24(16(3)32)20-7-5-4-6-19(20)23/h4-15,24H,1-3H3,(H2,28,29,30). The summed E-state index contributed by atoms with van der Waals surface area (Å²) >= 11 is 0. The number of benzene rings is 2. The summed E-state index contributed by atoms with van der Waals surface area (Å²) < 4.78 is 8.18. The van der Waals surface area contributed by atoms with Crippen molar-refractivity contribution in [3.05, 3.63) is 78.3 Å². The Bertz CT molecular complexity index is 1470. The average molecular weight is 453 g/mol. The number of nitrogen functional groups attached to an aromatic ring is 1. The SMILES string of the molecule is CC(=O)C1C(=O)C=C(Oc2ccc(-c3cn(C(C)C)c4ncnc(N)c34)cc2)c2ccccc21. The summed E-state index contributed by atoms with van der Waals surface area (Å²) in [4.78, 5) is 33.3. The van der Waals surface area contributed by atoms with E-state index < -0.39 is 5.92 Å². The van der Waals surface area contributed by atoms with Gasteiger partial charge in [-0.25, -0.2) is 9.97 Å². The van der Waals surface area contributed by atoms with Gasteiger partial charge < -0.3 is 15.0 Å². The van der Waals surface area contributed by atoms with Gasteiger partial charge in [-0.05, 0) is 44.0 Å². The minimum Gasteiger partial charge on any atom is -0.457 e. The van der Waals surface area contributed by atoms with Gasteiger partial charge in [0, 0.05) is 29.4 Å². The molecule has 1 aliphatic rings. The van der Waals surface area contributed by atoms with E-state index in [4.69, 9.17) is 10.5 Å². The Morgan fingerprint density at radius 1 is 1.06 bits per heavy atom. The molecule has 170 valence electrons. The second-order valence-electron chi connectivity index (χ2n) is 8.67. The van der Waals surface area contributed by atoms with Crippen LogP contribution in [0.3, 0.4) is 0 Å². The Balaban J connectivity index is 1.50. The van der Waals surface area contributed by atoms with Crippen LogP contribution in [0.5, 0.6) is 5.75 Å². The summed E-state index contributed by atoms with van der Waals surface area (Å²) in [6.07, 6.45) is 4.93. The normalized spacial score (nSPS) is 15.4. The number of rotatable bonds is 5. The zero-order valence-corrected chi connectivity index (χ0v) is 19.1. The van der Waals surface area contributed by atoms with Gasteiger partial charge >= 0.3 is 0 Å². The van der Waals surface area contributed by atoms with Crippen molar-refractivity contribution in [3.8, 4) is 16.9 Å². The number of fused-ring (bicyclic) bond motifs is 2. The zero-order valence-electron chi connectivity index (χ0n) is 19.1. The third-order valence-electron chi connectivity index (χ3n) is 6.09. The van der Waals surface area contributed by atoms with Crippen molar-refractivity contribution in [1.82, 2.24) is 14.5 Å². The highest BCUT2D eigenvalue weighted by Gasteiger charge is 2.32. The molecule has 0 aliphatic heterocycles. The fourth-order valence-electron chi connectivity index (χ4n) is 4.47. The average Bonchev–Trinajstić information content (AvgIpc) is 3.21. The molecule has 1 atom stereocenters. The molecule has 1 aliphatic carbocycles. The van der Waals surface area contributed by atoms with E-state index >= 15 is 0 Å². The summed E-state index contributed by atoms with van der Waals surface area (Å²) in [6, 6.07) is 15.1. The van der Waals surface area contributed by atoms with Gasteiger partial charge in [-0.2, -0.15) is 0 Å². The van der Waals surface area contributed by atoms with Crippen molar-refractivity contribution in [1.29, 1.82) is 0 Å². The number of nitrogens with two attached hydrogens (primary N) is 1. The first-order valence-electron chi connectivity index (χ1n) is 11.1. The first-order chi connectivity index (χ1) is 16.3. The second-order valence-corrected chi connectivity index (χ2v) is 8.67. The predicted molar refractivity (Wildman–Crippen MR) is 131 cm³/mol. The van der Waals surface area contributed by atoms with Crippen LogP contribution >= 0.6 is 0 Å². The number of ether oxygens (including phenoxy) is 1. The van der Waals surface area contributed by atoms with Crippen molar-refractivity contribution in [2.24, 2.45) is 0 Å². The Kier molecular flexibility index (Phi) is 5.24. The second kappa shape index (κ2) is 8.26. The van der Waals surface area contributed by atoms with Crippen molar-refractivity contribution < 1.29 is 14.3 Å². The van der Waals surface area contributed by atoms with E-state index in [0.29, 0.717) is 22.9 Å². The van der Waals surface area contributed by atoms with E-state index in [-0.39, 0.29) is 17.6 Å². The van der Waals surface area contributed by atoms with Crippen LogP contribution in [0.15, 0.2) is 67.1 Å². The Hall–Kier alpha value is -4.26. The highest BCUT2D eigenvalue weighted by atomic mass is 16.5. The van der Waals surface area contributed by atoms with Crippen LogP contribution in [-0.4, -0.2) is 26.1 Å². The molecule has 1 unspecified atom stereocenters. The van der Waals surface area contributed by atoms with Gasteiger partial charge in [-0.15, -0.1) is 0 Å². The van der Waals surface area contributed by atoms with Gasteiger partial charge in [0.1, 0.15) is 41.0 Å². The first-order valence-corrected chi connectivity index (χ1v) is 11.1. The summed E-state index contributed by atoms with van der Waals surface area (Å²) in [5.41, 5.74) is 10.3. The molecule has 7 nitrogen and oxygen atoms in total. The number of Topliss-reactive ketones (excluding diaryl/α,β-unsaturated/α-hetero) is 1. The molecule has 0 spiro atoms. The first kappa shape index (κ1) is 21.6. The highest BCUT2D eigenvalue weighted by molar-refractivity contribution is 6.16. The maximum absolute atomic E-state index is 12.6. The fraction of sp³-hybridized carbons (Fsp3) is 0.185. The van der Waals surface area contributed by atoms with Crippen LogP contribution in [0, 0.1) is 0 Å². The van der Waals surface area contributed by atoms with E-state index in [1.807, 2.05) is 48.7 Å². The molecular weight excluding hydrogens is 428 g/mol. The minimum atomic E-state index is -0.781. The van der Waals surface area contributed by atoms with Crippen LogP contribution in [0.2, 0.25) is 0 Å². The molecule has 0 amide bonds. The Labute approximate surface area is 196 Å². The van der Waals surface area contributed by atoms with Crippen LogP contribution in [-0.2, 0) is 9.59 Å². The largest absolute Gasteiger partial charge is 0.457 e. The van der Waals surface area contributed by atoms with Crippen LogP contribution < -0.4 is 10.5 Å². The number of carbonyl (C=O) groups is 2. The Morgan fingerprint density at radius 2 is 1.79 bits per heavy atom. The van der Waals surface area contributed by atoms with Crippen molar-refractivity contribution in [2.45, 2.75) is 32.7 Å². The number of hydrogen-bond acceptors (Lipinski definition) is 6. The van der Waals surface area contributed by atoms with Gasteiger partial charge in [0.15, 0.2) is 5.78 Å². The van der Waals surface area contributed by atoms with Crippen molar-refractivity contribution >= 4 is 34.2 Å². The number of ketones is 2. The number of hydrogen-bond donors (Lipinski definition) is 1. The third-order valence-corrected chi connectivity index (χ3v) is 6.09. The maximum Gasteiger partial charge on any atom is 0.174 e. The molecule has 5 rings (SSSR count). The monoisotopic (exact) mass is 452 g/mol.